The quantitative estimate of drug-likeness (QED) is 0.403. The van der Waals surface area contributed by atoms with E-state index in [0.29, 0.717) is 5.65 Å². The van der Waals surface area contributed by atoms with Crippen molar-refractivity contribution in [1.82, 2.24) is 35.1 Å². The topological polar surface area (TPSA) is 116 Å². The number of aromatic hydroxyl groups is 1. The van der Waals surface area contributed by atoms with Crippen LogP contribution in [-0.4, -0.2) is 40.2 Å². The molecular formula is C23H15N7O. The van der Waals surface area contributed by atoms with Crippen LogP contribution in [0.15, 0.2) is 73.6 Å². The van der Waals surface area contributed by atoms with Gasteiger partial charge in [0.2, 0.25) is 0 Å². The summed E-state index contributed by atoms with van der Waals surface area (Å²) in [7, 11) is 0. The third-order valence-electron chi connectivity index (χ3n) is 5.23. The van der Waals surface area contributed by atoms with E-state index in [9.17, 15) is 5.11 Å². The molecule has 148 valence electrons. The Morgan fingerprint density at radius 3 is 2.45 bits per heavy atom. The number of hydrogen-bond acceptors (Lipinski definition) is 6. The first kappa shape index (κ1) is 17.3. The summed E-state index contributed by atoms with van der Waals surface area (Å²) in [6.07, 6.45) is 10.1. The summed E-state index contributed by atoms with van der Waals surface area (Å²) in [5.41, 5.74) is 6.76. The molecule has 0 aliphatic rings. The second-order valence-corrected chi connectivity index (χ2v) is 7.16. The molecule has 3 N–H and O–H groups in total. The zero-order valence-corrected chi connectivity index (χ0v) is 16.1. The van der Waals surface area contributed by atoms with E-state index < -0.39 is 0 Å². The summed E-state index contributed by atoms with van der Waals surface area (Å²) in [4.78, 5) is 20.7. The van der Waals surface area contributed by atoms with E-state index in [0.717, 1.165) is 50.1 Å². The highest BCUT2D eigenvalue weighted by Gasteiger charge is 2.15. The van der Waals surface area contributed by atoms with Gasteiger partial charge >= 0.3 is 0 Å². The largest absolute Gasteiger partial charge is 0.506 e. The number of rotatable bonds is 3. The highest BCUT2D eigenvalue weighted by Crippen LogP contribution is 2.33. The van der Waals surface area contributed by atoms with Gasteiger partial charge in [-0.3, -0.25) is 20.1 Å². The lowest BCUT2D eigenvalue weighted by atomic mass is 10.1. The molecule has 6 aromatic rings. The van der Waals surface area contributed by atoms with E-state index in [1.54, 1.807) is 37.1 Å². The summed E-state index contributed by atoms with van der Waals surface area (Å²) in [6.45, 7) is 0. The van der Waals surface area contributed by atoms with Crippen molar-refractivity contribution in [2.24, 2.45) is 0 Å². The SMILES string of the molecule is Oc1cncc(-c2cnc3[nH]nc(-c4cc5c(-c6ccncc6)nccc5[nH]4)c3c2)c1. The molecule has 0 saturated carbocycles. The fourth-order valence-electron chi connectivity index (χ4n) is 3.77. The molecule has 0 spiro atoms. The third-order valence-corrected chi connectivity index (χ3v) is 5.23. The van der Waals surface area contributed by atoms with Gasteiger partial charge in [-0.1, -0.05) is 0 Å². The van der Waals surface area contributed by atoms with Crippen molar-refractivity contribution in [3.8, 4) is 39.5 Å². The number of hydrogen-bond donors (Lipinski definition) is 3. The standard InChI is InChI=1S/C23H15N7O/c31-16-7-14(10-25-12-16)15-8-18-22(29-30-23(18)27-11-15)20-9-17-19(28-20)3-6-26-21(17)13-1-4-24-5-2-13/h1-12,28,31H,(H,27,29,30). The molecule has 0 unspecified atom stereocenters. The first-order valence-electron chi connectivity index (χ1n) is 9.63. The molecule has 31 heavy (non-hydrogen) atoms. The maximum Gasteiger partial charge on any atom is 0.155 e. The average Bonchev–Trinajstić information content (AvgIpc) is 3.43. The molecule has 0 amide bonds. The lowest BCUT2D eigenvalue weighted by Crippen LogP contribution is -1.84. The van der Waals surface area contributed by atoms with E-state index in [1.165, 1.54) is 6.20 Å². The Hall–Kier alpha value is -4.59. The molecule has 6 aromatic heterocycles. The monoisotopic (exact) mass is 405 g/mol. The van der Waals surface area contributed by atoms with Gasteiger partial charge in [-0.25, -0.2) is 4.98 Å². The van der Waals surface area contributed by atoms with Crippen LogP contribution >= 0.6 is 0 Å². The van der Waals surface area contributed by atoms with Gasteiger partial charge in [0.05, 0.1) is 17.6 Å². The molecule has 0 atom stereocenters. The number of pyridine rings is 4. The predicted molar refractivity (Wildman–Crippen MR) is 117 cm³/mol. The average molecular weight is 405 g/mol. The summed E-state index contributed by atoms with van der Waals surface area (Å²) in [5.74, 6) is 0.108. The second kappa shape index (κ2) is 6.74. The Labute approximate surface area is 175 Å². The Morgan fingerprint density at radius 2 is 1.58 bits per heavy atom. The van der Waals surface area contributed by atoms with Crippen molar-refractivity contribution < 1.29 is 5.11 Å². The van der Waals surface area contributed by atoms with Crippen LogP contribution in [0.3, 0.4) is 0 Å². The van der Waals surface area contributed by atoms with Crippen LogP contribution in [0, 0.1) is 0 Å². The third kappa shape index (κ3) is 2.89. The Kier molecular flexibility index (Phi) is 3.76. The summed E-state index contributed by atoms with van der Waals surface area (Å²) < 4.78 is 0. The van der Waals surface area contributed by atoms with E-state index in [2.05, 4.69) is 41.2 Å². The minimum Gasteiger partial charge on any atom is -0.506 e. The van der Waals surface area contributed by atoms with Gasteiger partial charge in [0.1, 0.15) is 11.4 Å². The fraction of sp³-hybridized carbons (Fsp3) is 0. The van der Waals surface area contributed by atoms with Crippen molar-refractivity contribution in [2.45, 2.75) is 0 Å². The first-order valence-corrected chi connectivity index (χ1v) is 9.63. The van der Waals surface area contributed by atoms with Crippen LogP contribution in [0.4, 0.5) is 0 Å². The van der Waals surface area contributed by atoms with Crippen molar-refractivity contribution in [3.05, 3.63) is 73.6 Å². The van der Waals surface area contributed by atoms with Crippen molar-refractivity contribution in [3.63, 3.8) is 0 Å². The number of aromatic amines is 2. The molecule has 0 saturated heterocycles. The van der Waals surface area contributed by atoms with Crippen molar-refractivity contribution >= 4 is 21.9 Å². The molecule has 6 rings (SSSR count). The Balaban J connectivity index is 1.51. The lowest BCUT2D eigenvalue weighted by molar-refractivity contribution is 0.473. The van der Waals surface area contributed by atoms with Crippen LogP contribution in [0.2, 0.25) is 0 Å². The molecule has 0 aromatic carbocycles. The Bertz CT molecular complexity index is 1550. The van der Waals surface area contributed by atoms with Gasteiger partial charge < -0.3 is 10.1 Å². The molecule has 8 nitrogen and oxygen atoms in total. The van der Waals surface area contributed by atoms with Crippen LogP contribution in [0.25, 0.3) is 55.7 Å². The van der Waals surface area contributed by atoms with Crippen molar-refractivity contribution in [1.29, 1.82) is 0 Å². The van der Waals surface area contributed by atoms with Gasteiger partial charge in [0.25, 0.3) is 0 Å². The smallest absolute Gasteiger partial charge is 0.155 e. The molecule has 0 aliphatic carbocycles. The zero-order chi connectivity index (χ0) is 20.8. The lowest BCUT2D eigenvalue weighted by Gasteiger charge is -2.02. The van der Waals surface area contributed by atoms with Gasteiger partial charge in [0, 0.05) is 64.0 Å². The van der Waals surface area contributed by atoms with E-state index >= 15 is 0 Å². The molecule has 6 heterocycles. The van der Waals surface area contributed by atoms with Gasteiger partial charge in [-0.15, -0.1) is 0 Å². The number of aromatic nitrogens is 7. The second-order valence-electron chi connectivity index (χ2n) is 7.16. The normalized spacial score (nSPS) is 11.4. The Morgan fingerprint density at radius 1 is 0.710 bits per heavy atom. The molecular weight excluding hydrogens is 390 g/mol. The number of nitrogens with zero attached hydrogens (tertiary/aromatic N) is 5. The fourth-order valence-corrected chi connectivity index (χ4v) is 3.77. The van der Waals surface area contributed by atoms with Gasteiger partial charge in [-0.05, 0) is 36.4 Å². The summed E-state index contributed by atoms with van der Waals surface area (Å²) in [5, 5.41) is 19.1. The summed E-state index contributed by atoms with van der Waals surface area (Å²) >= 11 is 0. The maximum absolute atomic E-state index is 9.76. The molecule has 0 fully saturated rings. The number of nitrogens with one attached hydrogen (secondary N) is 2. The van der Waals surface area contributed by atoms with Crippen LogP contribution in [0.5, 0.6) is 5.75 Å². The van der Waals surface area contributed by atoms with Gasteiger partial charge in [0.15, 0.2) is 5.65 Å². The number of H-pyrrole nitrogens is 2. The van der Waals surface area contributed by atoms with Gasteiger partial charge in [-0.2, -0.15) is 5.10 Å². The van der Waals surface area contributed by atoms with Crippen LogP contribution in [-0.2, 0) is 0 Å². The predicted octanol–water partition coefficient (Wildman–Crippen LogP) is 4.33. The molecule has 8 heteroatoms. The molecule has 0 radical (unpaired) electrons. The minimum absolute atomic E-state index is 0.108. The maximum atomic E-state index is 9.76. The molecule has 0 aliphatic heterocycles. The molecule has 0 bridgehead atoms. The van der Waals surface area contributed by atoms with E-state index in [4.69, 9.17) is 0 Å². The van der Waals surface area contributed by atoms with E-state index in [-0.39, 0.29) is 5.75 Å². The summed E-state index contributed by atoms with van der Waals surface area (Å²) in [6, 6.07) is 11.5. The number of fused-ring (bicyclic) bond motifs is 2. The highest BCUT2D eigenvalue weighted by atomic mass is 16.3. The first-order chi connectivity index (χ1) is 15.3. The zero-order valence-electron chi connectivity index (χ0n) is 16.1. The van der Waals surface area contributed by atoms with Crippen LogP contribution < -0.4 is 0 Å². The minimum atomic E-state index is 0.108. The van der Waals surface area contributed by atoms with Crippen LogP contribution in [0.1, 0.15) is 0 Å². The van der Waals surface area contributed by atoms with E-state index in [1.807, 2.05) is 24.3 Å². The highest BCUT2D eigenvalue weighted by molar-refractivity contribution is 5.99. The van der Waals surface area contributed by atoms with Crippen molar-refractivity contribution in [2.75, 3.05) is 0 Å².